The SMILES string of the molecule is CCn1c(C2CCN(Cc3ccccc3C#N)CC2)nn(Cc2ccccc2)c1=O. The van der Waals surface area contributed by atoms with Crippen LogP contribution in [0.3, 0.4) is 0 Å². The van der Waals surface area contributed by atoms with Crippen LogP contribution in [0.25, 0.3) is 0 Å². The molecule has 4 rings (SSSR count). The van der Waals surface area contributed by atoms with Crippen molar-refractivity contribution in [3.63, 3.8) is 0 Å². The molecule has 154 valence electrons. The largest absolute Gasteiger partial charge is 0.346 e. The van der Waals surface area contributed by atoms with Gasteiger partial charge in [-0.1, -0.05) is 48.5 Å². The lowest BCUT2D eigenvalue weighted by Gasteiger charge is -2.31. The summed E-state index contributed by atoms with van der Waals surface area (Å²) in [7, 11) is 0. The van der Waals surface area contributed by atoms with Gasteiger partial charge in [-0.3, -0.25) is 9.47 Å². The Morgan fingerprint density at radius 2 is 1.73 bits per heavy atom. The van der Waals surface area contributed by atoms with Gasteiger partial charge in [-0.05, 0) is 50.0 Å². The van der Waals surface area contributed by atoms with Gasteiger partial charge in [0.25, 0.3) is 0 Å². The average Bonchev–Trinajstić information content (AvgIpc) is 3.10. The minimum absolute atomic E-state index is 0.0262. The molecule has 0 N–H and O–H groups in total. The molecule has 0 spiro atoms. The Bertz CT molecular complexity index is 1080. The maximum atomic E-state index is 12.9. The third kappa shape index (κ3) is 4.22. The molecule has 0 aliphatic carbocycles. The van der Waals surface area contributed by atoms with E-state index in [1.807, 2.05) is 66.1 Å². The fraction of sp³-hybridized carbons (Fsp3) is 0.375. The minimum Gasteiger partial charge on any atom is -0.299 e. The van der Waals surface area contributed by atoms with Gasteiger partial charge in [0.2, 0.25) is 0 Å². The maximum Gasteiger partial charge on any atom is 0.346 e. The molecule has 6 heteroatoms. The number of rotatable bonds is 6. The maximum absolute atomic E-state index is 12.9. The van der Waals surface area contributed by atoms with Crippen LogP contribution in [0.15, 0.2) is 59.4 Å². The van der Waals surface area contributed by atoms with E-state index in [0.29, 0.717) is 13.1 Å². The zero-order chi connectivity index (χ0) is 20.9. The van der Waals surface area contributed by atoms with Gasteiger partial charge < -0.3 is 0 Å². The van der Waals surface area contributed by atoms with Gasteiger partial charge in [-0.15, -0.1) is 0 Å². The molecule has 3 aromatic rings. The molecular weight excluding hydrogens is 374 g/mol. The fourth-order valence-electron chi connectivity index (χ4n) is 4.27. The predicted molar refractivity (Wildman–Crippen MR) is 116 cm³/mol. The Labute approximate surface area is 177 Å². The smallest absolute Gasteiger partial charge is 0.299 e. The van der Waals surface area contributed by atoms with Crippen molar-refractivity contribution in [2.75, 3.05) is 13.1 Å². The molecule has 2 heterocycles. The Hall–Kier alpha value is -3.17. The molecule has 6 nitrogen and oxygen atoms in total. The Morgan fingerprint density at radius 3 is 2.43 bits per heavy atom. The molecule has 1 saturated heterocycles. The van der Waals surface area contributed by atoms with Gasteiger partial charge in [0.15, 0.2) is 0 Å². The fourth-order valence-corrected chi connectivity index (χ4v) is 4.27. The van der Waals surface area contributed by atoms with Crippen molar-refractivity contribution in [2.45, 2.75) is 45.3 Å². The number of nitriles is 1. The van der Waals surface area contributed by atoms with Crippen molar-refractivity contribution in [1.82, 2.24) is 19.2 Å². The van der Waals surface area contributed by atoms with Gasteiger partial charge >= 0.3 is 5.69 Å². The first kappa shape index (κ1) is 20.1. The van der Waals surface area contributed by atoms with Gasteiger partial charge in [0, 0.05) is 19.0 Å². The van der Waals surface area contributed by atoms with Crippen LogP contribution in [-0.4, -0.2) is 32.3 Å². The van der Waals surface area contributed by atoms with Crippen LogP contribution in [0.5, 0.6) is 0 Å². The highest BCUT2D eigenvalue weighted by molar-refractivity contribution is 5.37. The van der Waals surface area contributed by atoms with E-state index in [2.05, 4.69) is 11.0 Å². The second-order valence-corrected chi connectivity index (χ2v) is 7.85. The summed E-state index contributed by atoms with van der Waals surface area (Å²) in [5.74, 6) is 1.20. The normalized spacial score (nSPS) is 15.2. The van der Waals surface area contributed by atoms with E-state index in [1.165, 1.54) is 0 Å². The molecule has 0 bridgehead atoms. The van der Waals surface area contributed by atoms with Crippen LogP contribution in [0, 0.1) is 11.3 Å². The van der Waals surface area contributed by atoms with Crippen molar-refractivity contribution in [2.24, 2.45) is 0 Å². The molecule has 1 aromatic heterocycles. The van der Waals surface area contributed by atoms with Crippen LogP contribution in [0.4, 0.5) is 0 Å². The lowest BCUT2D eigenvalue weighted by Crippen LogP contribution is -2.34. The van der Waals surface area contributed by atoms with Crippen molar-refractivity contribution >= 4 is 0 Å². The van der Waals surface area contributed by atoms with E-state index < -0.39 is 0 Å². The summed E-state index contributed by atoms with van der Waals surface area (Å²) >= 11 is 0. The number of hydrogen-bond acceptors (Lipinski definition) is 4. The summed E-state index contributed by atoms with van der Waals surface area (Å²) in [6.07, 6.45) is 1.94. The first-order chi connectivity index (χ1) is 14.7. The van der Waals surface area contributed by atoms with Crippen molar-refractivity contribution in [3.8, 4) is 6.07 Å². The van der Waals surface area contributed by atoms with Crippen LogP contribution in [0.2, 0.25) is 0 Å². The Kier molecular flexibility index (Phi) is 6.10. The number of nitrogens with zero attached hydrogens (tertiary/aromatic N) is 5. The van der Waals surface area contributed by atoms with Crippen LogP contribution < -0.4 is 5.69 Å². The Morgan fingerprint density at radius 1 is 1.03 bits per heavy atom. The average molecular weight is 402 g/mol. The van der Waals surface area contributed by atoms with Gasteiger partial charge in [-0.25, -0.2) is 9.48 Å². The minimum atomic E-state index is -0.0262. The first-order valence-electron chi connectivity index (χ1n) is 10.6. The van der Waals surface area contributed by atoms with Gasteiger partial charge in [-0.2, -0.15) is 10.4 Å². The van der Waals surface area contributed by atoms with Gasteiger partial charge in [0.05, 0.1) is 18.2 Å². The molecule has 1 fully saturated rings. The summed E-state index contributed by atoms with van der Waals surface area (Å²) in [6.45, 7) is 5.82. The molecule has 1 aliphatic heterocycles. The van der Waals surface area contributed by atoms with E-state index >= 15 is 0 Å². The second kappa shape index (κ2) is 9.10. The van der Waals surface area contributed by atoms with Crippen molar-refractivity contribution in [3.05, 3.63) is 87.6 Å². The summed E-state index contributed by atoms with van der Waals surface area (Å²) in [5.41, 5.74) is 2.88. The van der Waals surface area contributed by atoms with Crippen LogP contribution in [-0.2, 0) is 19.6 Å². The number of benzene rings is 2. The van der Waals surface area contributed by atoms with Crippen LogP contribution in [0.1, 0.15) is 48.2 Å². The standard InChI is InChI=1S/C24H27N5O/c1-2-28-23(26-29(24(28)30)17-19-8-4-3-5-9-19)20-12-14-27(15-13-20)18-22-11-7-6-10-21(22)16-25/h3-11,20H,2,12-15,17-18H2,1H3. The molecule has 1 aliphatic rings. The Balaban J connectivity index is 1.46. The molecular formula is C24H27N5O. The van der Waals surface area contributed by atoms with E-state index in [0.717, 1.165) is 55.0 Å². The van der Waals surface area contributed by atoms with Crippen LogP contribution >= 0.6 is 0 Å². The van der Waals surface area contributed by atoms with E-state index in [1.54, 1.807) is 4.68 Å². The highest BCUT2D eigenvalue weighted by Crippen LogP contribution is 2.27. The molecule has 0 radical (unpaired) electrons. The first-order valence-corrected chi connectivity index (χ1v) is 10.6. The number of aromatic nitrogens is 3. The van der Waals surface area contributed by atoms with Crippen molar-refractivity contribution < 1.29 is 0 Å². The third-order valence-corrected chi connectivity index (χ3v) is 5.93. The lowest BCUT2D eigenvalue weighted by molar-refractivity contribution is 0.199. The second-order valence-electron chi connectivity index (χ2n) is 7.85. The predicted octanol–water partition coefficient (Wildman–Crippen LogP) is 3.36. The zero-order valence-corrected chi connectivity index (χ0v) is 17.4. The lowest BCUT2D eigenvalue weighted by atomic mass is 9.95. The molecule has 0 amide bonds. The zero-order valence-electron chi connectivity index (χ0n) is 17.4. The summed E-state index contributed by atoms with van der Waals surface area (Å²) < 4.78 is 3.43. The highest BCUT2D eigenvalue weighted by atomic mass is 16.2. The molecule has 0 atom stereocenters. The molecule has 0 unspecified atom stereocenters. The molecule has 2 aromatic carbocycles. The van der Waals surface area contributed by atoms with E-state index in [4.69, 9.17) is 5.10 Å². The number of piperidine rings is 1. The third-order valence-electron chi connectivity index (χ3n) is 5.93. The summed E-state index contributed by atoms with van der Waals surface area (Å²) in [6, 6.07) is 20.1. The summed E-state index contributed by atoms with van der Waals surface area (Å²) in [5, 5.41) is 14.1. The highest BCUT2D eigenvalue weighted by Gasteiger charge is 2.26. The van der Waals surface area contributed by atoms with Gasteiger partial charge in [0.1, 0.15) is 5.82 Å². The number of hydrogen-bond donors (Lipinski definition) is 0. The van der Waals surface area contributed by atoms with Crippen molar-refractivity contribution in [1.29, 1.82) is 5.26 Å². The monoisotopic (exact) mass is 401 g/mol. The molecule has 30 heavy (non-hydrogen) atoms. The quantitative estimate of drug-likeness (QED) is 0.635. The molecule has 0 saturated carbocycles. The van der Waals surface area contributed by atoms with E-state index in [-0.39, 0.29) is 11.6 Å². The number of likely N-dealkylation sites (tertiary alicyclic amines) is 1. The summed E-state index contributed by atoms with van der Waals surface area (Å²) in [4.78, 5) is 15.3. The topological polar surface area (TPSA) is 66.8 Å². The van der Waals surface area contributed by atoms with E-state index in [9.17, 15) is 10.1 Å².